The molecule has 1 aromatic rings. The summed E-state index contributed by atoms with van der Waals surface area (Å²) in [5.41, 5.74) is 4.23. The van der Waals surface area contributed by atoms with E-state index in [1.807, 2.05) is 26.0 Å². The molecule has 0 saturated carbocycles. The summed E-state index contributed by atoms with van der Waals surface area (Å²) in [6.07, 6.45) is 4.95. The molecule has 0 fully saturated rings. The molecule has 0 radical (unpaired) electrons. The maximum Gasteiger partial charge on any atom is 0.120 e. The van der Waals surface area contributed by atoms with Crippen molar-refractivity contribution in [3.63, 3.8) is 0 Å². The van der Waals surface area contributed by atoms with Gasteiger partial charge in [0.15, 0.2) is 0 Å². The van der Waals surface area contributed by atoms with Crippen LogP contribution < -0.4 is 16.0 Å². The Hall–Kier alpha value is -1.06. The van der Waals surface area contributed by atoms with E-state index >= 15 is 0 Å². The van der Waals surface area contributed by atoms with Crippen LogP contribution in [0.15, 0.2) is 24.3 Å². The van der Waals surface area contributed by atoms with Gasteiger partial charge in [-0.25, -0.2) is 0 Å². The number of hydrogen-bond acceptors (Lipinski definition) is 3. The van der Waals surface area contributed by atoms with Gasteiger partial charge in [0.25, 0.3) is 0 Å². The van der Waals surface area contributed by atoms with Gasteiger partial charge in [0.1, 0.15) is 5.75 Å². The predicted octanol–water partition coefficient (Wildman–Crippen LogP) is 4.19. The van der Waals surface area contributed by atoms with Gasteiger partial charge in [-0.1, -0.05) is 38.8 Å². The highest BCUT2D eigenvalue weighted by Crippen LogP contribution is 2.31. The molecular weight excluding hydrogens is 248 g/mol. The van der Waals surface area contributed by atoms with Crippen LogP contribution in [0.5, 0.6) is 5.75 Å². The maximum atomic E-state index is 5.83. The van der Waals surface area contributed by atoms with Crippen molar-refractivity contribution in [1.29, 1.82) is 0 Å². The topological polar surface area (TPSA) is 47.3 Å². The number of hydrazine groups is 1. The Morgan fingerprint density at radius 2 is 1.80 bits per heavy atom. The Morgan fingerprint density at radius 1 is 1.15 bits per heavy atom. The number of nitrogens with one attached hydrogen (secondary N) is 1. The molecule has 0 spiro atoms. The second-order valence-corrected chi connectivity index (χ2v) is 5.72. The summed E-state index contributed by atoms with van der Waals surface area (Å²) in [6.45, 7) is 8.55. The van der Waals surface area contributed by atoms with E-state index in [-0.39, 0.29) is 12.1 Å². The molecule has 1 unspecified atom stereocenters. The van der Waals surface area contributed by atoms with Crippen LogP contribution in [0, 0.1) is 5.92 Å². The molecule has 20 heavy (non-hydrogen) atoms. The number of rotatable bonds is 9. The minimum atomic E-state index is 0.191. The van der Waals surface area contributed by atoms with Crippen LogP contribution in [0.4, 0.5) is 0 Å². The Labute approximate surface area is 123 Å². The molecule has 1 rings (SSSR count). The van der Waals surface area contributed by atoms with E-state index in [0.29, 0.717) is 5.92 Å². The van der Waals surface area contributed by atoms with Gasteiger partial charge in [-0.05, 0) is 50.3 Å². The summed E-state index contributed by atoms with van der Waals surface area (Å²) in [7, 11) is 0. The monoisotopic (exact) mass is 278 g/mol. The minimum absolute atomic E-state index is 0.191. The summed E-state index contributed by atoms with van der Waals surface area (Å²) in [4.78, 5) is 0. The molecule has 0 bridgehead atoms. The zero-order valence-electron chi connectivity index (χ0n) is 13.4. The van der Waals surface area contributed by atoms with Crippen LogP contribution in [0.25, 0.3) is 0 Å². The van der Waals surface area contributed by atoms with Crippen LogP contribution in [-0.4, -0.2) is 6.10 Å². The van der Waals surface area contributed by atoms with Crippen molar-refractivity contribution in [3.05, 3.63) is 29.8 Å². The highest BCUT2D eigenvalue weighted by Gasteiger charge is 2.21. The Balaban J connectivity index is 2.91. The summed E-state index contributed by atoms with van der Waals surface area (Å²) in [5, 5.41) is 0. The van der Waals surface area contributed by atoms with Gasteiger partial charge in [-0.3, -0.25) is 11.3 Å². The molecule has 0 heterocycles. The molecule has 0 aliphatic rings. The normalized spacial score (nSPS) is 12.9. The Kier molecular flexibility index (Phi) is 7.63. The third-order valence-electron chi connectivity index (χ3n) is 3.56. The van der Waals surface area contributed by atoms with Gasteiger partial charge in [0.2, 0.25) is 0 Å². The summed E-state index contributed by atoms with van der Waals surface area (Å²) in [6, 6.07) is 8.50. The lowest BCUT2D eigenvalue weighted by Crippen LogP contribution is -2.33. The average molecular weight is 278 g/mol. The molecule has 114 valence electrons. The van der Waals surface area contributed by atoms with Crippen molar-refractivity contribution < 1.29 is 4.74 Å². The SMILES string of the molecule is CCCC(CCC)C(NN)c1cccc(OC(C)C)c1. The summed E-state index contributed by atoms with van der Waals surface area (Å²) in [5.74, 6) is 7.32. The quantitative estimate of drug-likeness (QED) is 0.526. The molecule has 3 nitrogen and oxygen atoms in total. The molecule has 0 aliphatic carbocycles. The predicted molar refractivity (Wildman–Crippen MR) is 85.6 cm³/mol. The van der Waals surface area contributed by atoms with Gasteiger partial charge in [-0.2, -0.15) is 0 Å². The first-order valence-corrected chi connectivity index (χ1v) is 7.85. The van der Waals surface area contributed by atoms with Crippen molar-refractivity contribution in [2.24, 2.45) is 11.8 Å². The molecule has 1 atom stereocenters. The van der Waals surface area contributed by atoms with Crippen LogP contribution >= 0.6 is 0 Å². The highest BCUT2D eigenvalue weighted by molar-refractivity contribution is 5.31. The third kappa shape index (κ3) is 5.14. The number of hydrogen-bond donors (Lipinski definition) is 2. The van der Waals surface area contributed by atoms with E-state index in [2.05, 4.69) is 31.4 Å². The van der Waals surface area contributed by atoms with Crippen LogP contribution in [0.2, 0.25) is 0 Å². The first-order chi connectivity index (χ1) is 9.62. The fraction of sp³-hybridized carbons (Fsp3) is 0.647. The van der Waals surface area contributed by atoms with Crippen molar-refractivity contribution in [3.8, 4) is 5.75 Å². The highest BCUT2D eigenvalue weighted by atomic mass is 16.5. The first-order valence-electron chi connectivity index (χ1n) is 7.85. The Morgan fingerprint density at radius 3 is 2.30 bits per heavy atom. The van der Waals surface area contributed by atoms with E-state index in [1.54, 1.807) is 0 Å². The number of ether oxygens (including phenoxy) is 1. The standard InChI is InChI=1S/C17H30N2O/c1-5-8-14(9-6-2)17(19-18)15-10-7-11-16(12-15)20-13(3)4/h7,10-14,17,19H,5-6,8-9,18H2,1-4H3. The van der Waals surface area contributed by atoms with Gasteiger partial charge >= 0.3 is 0 Å². The first kappa shape index (κ1) is 17.0. The van der Waals surface area contributed by atoms with E-state index in [4.69, 9.17) is 10.6 Å². The summed E-state index contributed by atoms with van der Waals surface area (Å²) < 4.78 is 5.78. The Bertz CT molecular complexity index is 373. The summed E-state index contributed by atoms with van der Waals surface area (Å²) >= 11 is 0. The third-order valence-corrected chi connectivity index (χ3v) is 3.56. The van der Waals surface area contributed by atoms with Crippen molar-refractivity contribution >= 4 is 0 Å². The average Bonchev–Trinajstić information content (AvgIpc) is 2.40. The van der Waals surface area contributed by atoms with E-state index < -0.39 is 0 Å². The largest absolute Gasteiger partial charge is 0.491 e. The maximum absolute atomic E-state index is 5.83. The zero-order chi connectivity index (χ0) is 15.0. The molecule has 0 aromatic heterocycles. The minimum Gasteiger partial charge on any atom is -0.491 e. The molecule has 3 N–H and O–H groups in total. The van der Waals surface area contributed by atoms with Crippen molar-refractivity contribution in [2.75, 3.05) is 0 Å². The lowest BCUT2D eigenvalue weighted by Gasteiger charge is -2.27. The number of nitrogens with two attached hydrogens (primary N) is 1. The lowest BCUT2D eigenvalue weighted by molar-refractivity contribution is 0.241. The van der Waals surface area contributed by atoms with Gasteiger partial charge in [-0.15, -0.1) is 0 Å². The van der Waals surface area contributed by atoms with Crippen LogP contribution in [-0.2, 0) is 0 Å². The second-order valence-electron chi connectivity index (χ2n) is 5.72. The van der Waals surface area contributed by atoms with Crippen LogP contribution in [0.3, 0.4) is 0 Å². The molecule has 1 aromatic carbocycles. The van der Waals surface area contributed by atoms with E-state index in [9.17, 15) is 0 Å². The lowest BCUT2D eigenvalue weighted by atomic mass is 9.86. The van der Waals surface area contributed by atoms with Gasteiger partial charge in [0, 0.05) is 6.04 Å². The molecule has 3 heteroatoms. The van der Waals surface area contributed by atoms with Crippen molar-refractivity contribution in [2.45, 2.75) is 65.5 Å². The molecule has 0 saturated heterocycles. The van der Waals surface area contributed by atoms with Gasteiger partial charge < -0.3 is 4.74 Å². The van der Waals surface area contributed by atoms with Crippen LogP contribution in [0.1, 0.15) is 65.0 Å². The second kappa shape index (κ2) is 8.98. The van der Waals surface area contributed by atoms with E-state index in [1.165, 1.54) is 31.2 Å². The van der Waals surface area contributed by atoms with Gasteiger partial charge in [0.05, 0.1) is 6.10 Å². The van der Waals surface area contributed by atoms with Crippen molar-refractivity contribution in [1.82, 2.24) is 5.43 Å². The van der Waals surface area contributed by atoms with E-state index in [0.717, 1.165) is 5.75 Å². The smallest absolute Gasteiger partial charge is 0.120 e. The molecular formula is C17H30N2O. The fourth-order valence-electron chi connectivity index (χ4n) is 2.78. The molecule has 0 amide bonds. The fourth-order valence-corrected chi connectivity index (χ4v) is 2.78. The zero-order valence-corrected chi connectivity index (χ0v) is 13.4. The number of benzene rings is 1. The molecule has 0 aliphatic heterocycles.